The van der Waals surface area contributed by atoms with Crippen LogP contribution in [-0.4, -0.2) is 88.2 Å². The van der Waals surface area contributed by atoms with Crippen LogP contribution in [0.3, 0.4) is 0 Å². The summed E-state index contributed by atoms with van der Waals surface area (Å²) < 4.78 is 42.5. The highest BCUT2D eigenvalue weighted by Crippen LogP contribution is 2.42. The van der Waals surface area contributed by atoms with Crippen LogP contribution in [0.1, 0.15) is 75.9 Å². The lowest BCUT2D eigenvalue weighted by Gasteiger charge is -2.34. The average molecular weight is 636 g/mol. The Morgan fingerprint density at radius 3 is 2.33 bits per heavy atom. The Balaban J connectivity index is 1.24. The molecule has 45 heavy (non-hydrogen) atoms. The summed E-state index contributed by atoms with van der Waals surface area (Å²) in [5, 5.41) is 10.1. The number of nitrogens with one attached hydrogen (secondary N) is 4. The fourth-order valence-electron chi connectivity index (χ4n) is 7.00. The number of hydrogen-bond donors (Lipinski definition) is 4. The predicted octanol–water partition coefficient (Wildman–Crippen LogP) is 1.33. The molecule has 4 aliphatic rings. The monoisotopic (exact) mass is 635 g/mol. The van der Waals surface area contributed by atoms with Crippen LogP contribution in [0.15, 0.2) is 18.6 Å². The van der Waals surface area contributed by atoms with Crippen LogP contribution >= 0.6 is 0 Å². The number of hydrogen-bond acceptors (Lipinski definition) is 8. The molecule has 5 rings (SSSR count). The number of carbonyl (C=O) groups is 5. The van der Waals surface area contributed by atoms with Crippen LogP contribution in [0.25, 0.3) is 0 Å². The standard InChI is InChI=1S/C30H40F3N7O5/c31-30(32,33)26(21-13-34-11-12-35-21)39-24(17-5-2-1-3-6-17)28(44)37-15-23(42)40-16-18-7-4-8-20(18)25(40)29(45)36-14-22(41)27(43)38-19-9-10-19/h11-13,17-20,24-26,39H,1-10,14-16H2,(H,36,45)(H,37,44)(H,38,43). The summed E-state index contributed by atoms with van der Waals surface area (Å²) >= 11 is 0. The van der Waals surface area contributed by atoms with Gasteiger partial charge >= 0.3 is 6.18 Å². The number of fused-ring (bicyclic) bond motifs is 1. The van der Waals surface area contributed by atoms with E-state index in [9.17, 15) is 37.1 Å². The maximum absolute atomic E-state index is 14.2. The van der Waals surface area contributed by atoms with Crippen molar-refractivity contribution in [3.63, 3.8) is 0 Å². The van der Waals surface area contributed by atoms with Gasteiger partial charge < -0.3 is 20.9 Å². The summed E-state index contributed by atoms with van der Waals surface area (Å²) in [6, 6.07) is -4.36. The zero-order valence-corrected chi connectivity index (χ0v) is 25.0. The number of Topliss-reactive ketones (excluding diaryl/α,β-unsaturated/α-hetero) is 1. The highest BCUT2D eigenvalue weighted by atomic mass is 19.4. The van der Waals surface area contributed by atoms with E-state index in [1.54, 1.807) is 0 Å². The van der Waals surface area contributed by atoms with Gasteiger partial charge in [-0.2, -0.15) is 13.2 Å². The molecule has 2 heterocycles. The number of ketones is 1. The Morgan fingerprint density at radius 2 is 1.67 bits per heavy atom. The van der Waals surface area contributed by atoms with E-state index in [0.29, 0.717) is 25.8 Å². The molecule has 3 aliphatic carbocycles. The second kappa shape index (κ2) is 14.2. The number of carbonyl (C=O) groups excluding carboxylic acids is 5. The van der Waals surface area contributed by atoms with E-state index < -0.39 is 66.8 Å². The first-order chi connectivity index (χ1) is 21.5. The Kier molecular flexibility index (Phi) is 10.3. The van der Waals surface area contributed by atoms with E-state index in [2.05, 4.69) is 31.2 Å². The van der Waals surface area contributed by atoms with Crippen molar-refractivity contribution in [1.29, 1.82) is 0 Å². The van der Waals surface area contributed by atoms with Gasteiger partial charge in [0.15, 0.2) is 0 Å². The molecule has 3 saturated carbocycles. The van der Waals surface area contributed by atoms with Gasteiger partial charge in [-0.1, -0.05) is 25.7 Å². The van der Waals surface area contributed by atoms with Crippen LogP contribution in [0.2, 0.25) is 0 Å². The maximum Gasteiger partial charge on any atom is 0.409 e. The minimum Gasteiger partial charge on any atom is -0.347 e. The van der Waals surface area contributed by atoms with Crippen LogP contribution in [0, 0.1) is 17.8 Å². The fourth-order valence-corrected chi connectivity index (χ4v) is 7.00. The molecular weight excluding hydrogens is 595 g/mol. The van der Waals surface area contributed by atoms with Crippen LogP contribution < -0.4 is 21.3 Å². The summed E-state index contributed by atoms with van der Waals surface area (Å²) in [6.45, 7) is -0.705. The second-order valence-electron chi connectivity index (χ2n) is 12.6. The molecule has 5 unspecified atom stereocenters. The van der Waals surface area contributed by atoms with E-state index in [1.165, 1.54) is 11.1 Å². The molecule has 1 aliphatic heterocycles. The lowest BCUT2D eigenvalue weighted by Crippen LogP contribution is -2.56. The van der Waals surface area contributed by atoms with Gasteiger partial charge in [0.1, 0.15) is 12.1 Å². The molecule has 1 saturated heterocycles. The minimum absolute atomic E-state index is 0.00572. The van der Waals surface area contributed by atoms with Gasteiger partial charge in [0, 0.05) is 25.0 Å². The molecule has 15 heteroatoms. The smallest absolute Gasteiger partial charge is 0.347 e. The quantitative estimate of drug-likeness (QED) is 0.250. The van der Waals surface area contributed by atoms with Gasteiger partial charge in [0.05, 0.1) is 31.0 Å². The number of rotatable bonds is 12. The third kappa shape index (κ3) is 8.16. The van der Waals surface area contributed by atoms with Crippen LogP contribution in [0.5, 0.6) is 0 Å². The van der Waals surface area contributed by atoms with Crippen molar-refractivity contribution in [3.05, 3.63) is 24.3 Å². The molecule has 5 atom stereocenters. The fraction of sp³-hybridized carbons (Fsp3) is 0.700. The normalized spacial score (nSPS) is 24.8. The summed E-state index contributed by atoms with van der Waals surface area (Å²) in [6.07, 6.45) is 6.29. The van der Waals surface area contributed by atoms with E-state index >= 15 is 0 Å². The lowest BCUT2D eigenvalue weighted by molar-refractivity contribution is -0.163. The van der Waals surface area contributed by atoms with Crippen LogP contribution in [0.4, 0.5) is 13.2 Å². The van der Waals surface area contributed by atoms with Crippen LogP contribution in [-0.2, 0) is 24.0 Å². The summed E-state index contributed by atoms with van der Waals surface area (Å²) in [5.41, 5.74) is -0.365. The topological polar surface area (TPSA) is 162 Å². The summed E-state index contributed by atoms with van der Waals surface area (Å²) in [5.74, 6) is -3.79. The van der Waals surface area contributed by atoms with Crippen molar-refractivity contribution in [2.75, 3.05) is 19.6 Å². The number of nitrogens with zero attached hydrogens (tertiary/aromatic N) is 3. The van der Waals surface area contributed by atoms with Crippen molar-refractivity contribution in [3.8, 4) is 0 Å². The Bertz CT molecular complexity index is 1260. The molecule has 4 N–H and O–H groups in total. The second-order valence-corrected chi connectivity index (χ2v) is 12.6. The number of amides is 4. The van der Waals surface area contributed by atoms with Crippen molar-refractivity contribution in [2.45, 2.75) is 94.6 Å². The highest BCUT2D eigenvalue weighted by Gasteiger charge is 2.50. The largest absolute Gasteiger partial charge is 0.409 e. The van der Waals surface area contributed by atoms with E-state index in [1.807, 2.05) is 0 Å². The van der Waals surface area contributed by atoms with Gasteiger partial charge in [-0.3, -0.25) is 39.3 Å². The Hall–Kier alpha value is -3.62. The Labute approximate surface area is 259 Å². The van der Waals surface area contributed by atoms with Crippen molar-refractivity contribution < 1.29 is 37.1 Å². The first-order valence-corrected chi connectivity index (χ1v) is 15.8. The third-order valence-corrected chi connectivity index (χ3v) is 9.44. The molecule has 1 aromatic heterocycles. The summed E-state index contributed by atoms with van der Waals surface area (Å²) in [7, 11) is 0. The molecule has 12 nitrogen and oxygen atoms in total. The first-order valence-electron chi connectivity index (χ1n) is 15.8. The van der Waals surface area contributed by atoms with E-state index in [4.69, 9.17) is 0 Å². The zero-order chi connectivity index (χ0) is 32.1. The van der Waals surface area contributed by atoms with Gasteiger partial charge in [0.2, 0.25) is 23.5 Å². The molecule has 4 amide bonds. The van der Waals surface area contributed by atoms with Crippen molar-refractivity contribution >= 4 is 29.4 Å². The lowest BCUT2D eigenvalue weighted by atomic mass is 9.83. The molecule has 0 spiro atoms. The molecule has 0 aromatic carbocycles. The number of alkyl halides is 3. The number of likely N-dealkylation sites (tertiary alicyclic amines) is 1. The average Bonchev–Trinajstić information content (AvgIpc) is 3.59. The molecule has 246 valence electrons. The predicted molar refractivity (Wildman–Crippen MR) is 153 cm³/mol. The molecule has 4 fully saturated rings. The highest BCUT2D eigenvalue weighted by molar-refractivity contribution is 6.37. The first kappa shape index (κ1) is 32.8. The van der Waals surface area contributed by atoms with Gasteiger partial charge in [-0.15, -0.1) is 0 Å². The molecule has 0 radical (unpaired) electrons. The van der Waals surface area contributed by atoms with E-state index in [-0.39, 0.29) is 29.5 Å². The number of aromatic nitrogens is 2. The number of halogens is 3. The summed E-state index contributed by atoms with van der Waals surface area (Å²) in [4.78, 5) is 73.4. The van der Waals surface area contributed by atoms with Gasteiger partial charge in [-0.25, -0.2) is 0 Å². The SMILES string of the molecule is O=C(CNC(=O)C1C2CCCC2CN1C(=O)CNC(=O)C(NC(c1cnccn1)C(F)(F)F)C1CCCCC1)C(=O)NC1CC1. The van der Waals surface area contributed by atoms with Crippen molar-refractivity contribution in [1.82, 2.24) is 36.1 Å². The Morgan fingerprint density at radius 1 is 0.911 bits per heavy atom. The molecular formula is C30H40F3N7O5. The molecule has 1 aromatic rings. The zero-order valence-electron chi connectivity index (χ0n) is 25.0. The third-order valence-electron chi connectivity index (χ3n) is 9.44. The van der Waals surface area contributed by atoms with Crippen molar-refractivity contribution in [2.24, 2.45) is 17.8 Å². The van der Waals surface area contributed by atoms with E-state index in [0.717, 1.165) is 57.3 Å². The maximum atomic E-state index is 14.2. The molecule has 0 bridgehead atoms. The van der Waals surface area contributed by atoms with Gasteiger partial charge in [0.25, 0.3) is 5.91 Å². The minimum atomic E-state index is -4.76. The van der Waals surface area contributed by atoms with Gasteiger partial charge in [-0.05, 0) is 56.3 Å².